The maximum Gasteiger partial charge on any atom is 0.335 e. The van der Waals surface area contributed by atoms with E-state index in [0.717, 1.165) is 0 Å². The number of amides is 5. The number of carbonyl (C=O) groups excluding carboxylic acids is 4. The zero-order valence-corrected chi connectivity index (χ0v) is 17.2. The number of hydrogen-bond acceptors (Lipinski definition) is 8. The Hall–Kier alpha value is -4.20. The van der Waals surface area contributed by atoms with Crippen LogP contribution in [0.5, 0.6) is 0 Å². The molecular weight excluding hydrogens is 448 g/mol. The molecule has 1 aliphatic heterocycles. The quantitative estimate of drug-likeness (QED) is 0.0835. The first-order valence-corrected chi connectivity index (χ1v) is 9.64. The van der Waals surface area contributed by atoms with Crippen LogP contribution in [0.3, 0.4) is 0 Å². The Morgan fingerprint density at radius 2 is 1.52 bits per heavy atom. The van der Waals surface area contributed by atoms with Gasteiger partial charge >= 0.3 is 23.9 Å². The molecule has 0 spiro atoms. The van der Waals surface area contributed by atoms with Crippen molar-refractivity contribution < 1.29 is 48.9 Å². The van der Waals surface area contributed by atoms with Gasteiger partial charge in [0.2, 0.25) is 17.7 Å². The van der Waals surface area contributed by atoms with E-state index >= 15 is 0 Å². The summed E-state index contributed by atoms with van der Waals surface area (Å²) >= 11 is 0. The van der Waals surface area contributed by atoms with Crippen LogP contribution in [0.15, 0.2) is 5.11 Å². The van der Waals surface area contributed by atoms with Crippen molar-refractivity contribution in [1.82, 2.24) is 15.1 Å². The number of imide groups is 2. The van der Waals surface area contributed by atoms with Crippen LogP contribution in [0.1, 0.15) is 38.5 Å². The van der Waals surface area contributed by atoms with Gasteiger partial charge in [-0.05, 0) is 31.2 Å². The first-order valence-electron chi connectivity index (χ1n) is 9.64. The second kappa shape index (κ2) is 12.6. The minimum Gasteiger partial charge on any atom is -0.481 e. The fraction of sp³-hybridized carbons (Fsp3) is 0.588. The summed E-state index contributed by atoms with van der Waals surface area (Å²) in [6, 6.07) is -5.06. The number of urea groups is 1. The summed E-state index contributed by atoms with van der Waals surface area (Å²) in [5, 5.41) is 33.1. The lowest BCUT2D eigenvalue weighted by atomic mass is 10.0. The number of unbranched alkanes of at least 4 members (excludes halogenated alkanes) is 1. The molecule has 0 aliphatic carbocycles. The summed E-state index contributed by atoms with van der Waals surface area (Å²) in [7, 11) is 0. The number of carboxylic acid groups (broad SMARTS) is 3. The van der Waals surface area contributed by atoms with Crippen molar-refractivity contribution in [3.05, 3.63) is 10.4 Å². The number of barbiturate groups is 1. The van der Waals surface area contributed by atoms with Gasteiger partial charge in [-0.3, -0.25) is 19.2 Å². The van der Waals surface area contributed by atoms with Crippen molar-refractivity contribution >= 4 is 41.7 Å². The molecule has 1 fully saturated rings. The molecule has 2 atom stereocenters. The molecule has 33 heavy (non-hydrogen) atoms. The summed E-state index contributed by atoms with van der Waals surface area (Å²) in [5.41, 5.74) is 8.14. The molecule has 0 aromatic heterocycles. The number of aliphatic carboxylic acids is 3. The number of nitrogens with zero attached hydrogens (tertiary/aromatic N) is 5. The van der Waals surface area contributed by atoms with Crippen LogP contribution in [-0.4, -0.2) is 92.0 Å². The molecule has 180 valence electrons. The van der Waals surface area contributed by atoms with Gasteiger partial charge in [0.15, 0.2) is 0 Å². The number of azide groups is 1. The van der Waals surface area contributed by atoms with Gasteiger partial charge < -0.3 is 20.6 Å². The van der Waals surface area contributed by atoms with Crippen molar-refractivity contribution in [3.8, 4) is 0 Å². The van der Waals surface area contributed by atoms with E-state index in [0.29, 0.717) is 4.90 Å². The van der Waals surface area contributed by atoms with Crippen molar-refractivity contribution in [1.29, 1.82) is 0 Å². The third kappa shape index (κ3) is 7.77. The molecule has 0 aromatic rings. The van der Waals surface area contributed by atoms with Gasteiger partial charge in [-0.2, -0.15) is 0 Å². The summed E-state index contributed by atoms with van der Waals surface area (Å²) in [6.07, 6.45) is -2.17. The second-order valence-corrected chi connectivity index (χ2v) is 6.86. The van der Waals surface area contributed by atoms with Gasteiger partial charge in [0.1, 0.15) is 25.0 Å². The van der Waals surface area contributed by atoms with E-state index in [9.17, 15) is 43.8 Å². The largest absolute Gasteiger partial charge is 0.481 e. The predicted molar refractivity (Wildman–Crippen MR) is 104 cm³/mol. The highest BCUT2D eigenvalue weighted by Gasteiger charge is 2.48. The Labute approximate surface area is 185 Å². The highest BCUT2D eigenvalue weighted by Crippen LogP contribution is 2.23. The highest BCUT2D eigenvalue weighted by atomic mass is 16.4. The van der Waals surface area contributed by atoms with Gasteiger partial charge in [-0.1, -0.05) is 5.11 Å². The molecule has 1 unspecified atom stereocenters. The average molecular weight is 470 g/mol. The van der Waals surface area contributed by atoms with Crippen LogP contribution in [0.25, 0.3) is 10.4 Å². The molecule has 0 saturated carbocycles. The predicted octanol–water partition coefficient (Wildman–Crippen LogP) is -0.465. The Balaban J connectivity index is 2.91. The molecule has 1 aliphatic rings. The van der Waals surface area contributed by atoms with E-state index in [-0.39, 0.29) is 30.7 Å². The molecule has 16 nitrogen and oxygen atoms in total. The Kier molecular flexibility index (Phi) is 10.3. The summed E-state index contributed by atoms with van der Waals surface area (Å²) in [6.45, 7) is -0.323. The lowest BCUT2D eigenvalue weighted by Crippen LogP contribution is -2.63. The molecule has 5 amide bonds. The minimum absolute atomic E-state index is 0.0922. The smallest absolute Gasteiger partial charge is 0.335 e. The van der Waals surface area contributed by atoms with E-state index in [1.807, 2.05) is 0 Å². The number of nitrogens with one attached hydrogen (secondary N) is 1. The second-order valence-electron chi connectivity index (χ2n) is 6.86. The number of carboxylic acids is 3. The van der Waals surface area contributed by atoms with Gasteiger partial charge in [-0.25, -0.2) is 24.2 Å². The third-order valence-corrected chi connectivity index (χ3v) is 4.58. The fourth-order valence-corrected chi connectivity index (χ4v) is 3.07. The van der Waals surface area contributed by atoms with Crippen molar-refractivity contribution in [2.75, 3.05) is 13.1 Å². The first kappa shape index (κ1) is 26.8. The first-order chi connectivity index (χ1) is 15.5. The van der Waals surface area contributed by atoms with Crippen LogP contribution < -0.4 is 5.32 Å². The molecule has 1 saturated heterocycles. The minimum atomic E-state index is -1.89. The van der Waals surface area contributed by atoms with E-state index in [1.54, 1.807) is 0 Å². The third-order valence-electron chi connectivity index (χ3n) is 4.58. The van der Waals surface area contributed by atoms with Gasteiger partial charge in [0.25, 0.3) is 0 Å². The van der Waals surface area contributed by atoms with Crippen LogP contribution in [0.4, 0.5) is 4.79 Å². The van der Waals surface area contributed by atoms with Crippen LogP contribution >= 0.6 is 0 Å². The number of hydrogen-bond donors (Lipinski definition) is 4. The zero-order chi connectivity index (χ0) is 25.1. The van der Waals surface area contributed by atoms with Crippen LogP contribution in [0, 0.1) is 0 Å². The highest BCUT2D eigenvalue weighted by molar-refractivity contribution is 6.16. The topological polar surface area (TPSA) is 247 Å². The molecule has 1 rings (SSSR count). The lowest BCUT2D eigenvalue weighted by molar-refractivity contribution is -0.158. The maximum atomic E-state index is 12.8. The van der Waals surface area contributed by atoms with Crippen LogP contribution in [-0.2, 0) is 28.8 Å². The lowest BCUT2D eigenvalue weighted by Gasteiger charge is -2.38. The van der Waals surface area contributed by atoms with E-state index < -0.39 is 79.6 Å². The summed E-state index contributed by atoms with van der Waals surface area (Å²) < 4.78 is 0. The van der Waals surface area contributed by atoms with Gasteiger partial charge in [-0.15, -0.1) is 0 Å². The summed E-state index contributed by atoms with van der Waals surface area (Å²) in [4.78, 5) is 85.6. The van der Waals surface area contributed by atoms with E-state index in [4.69, 9.17) is 10.6 Å². The van der Waals surface area contributed by atoms with Crippen LogP contribution in [0.2, 0.25) is 0 Å². The molecule has 0 aromatic carbocycles. The van der Waals surface area contributed by atoms with Gasteiger partial charge in [0, 0.05) is 17.9 Å². The molecule has 0 bridgehead atoms. The summed E-state index contributed by atoms with van der Waals surface area (Å²) in [5.74, 6) is -7.49. The fourth-order valence-electron chi connectivity index (χ4n) is 3.07. The zero-order valence-electron chi connectivity index (χ0n) is 17.2. The number of rotatable bonds is 14. The van der Waals surface area contributed by atoms with E-state index in [1.165, 1.54) is 0 Å². The molecule has 16 heteroatoms. The van der Waals surface area contributed by atoms with E-state index in [2.05, 4.69) is 15.3 Å². The monoisotopic (exact) mass is 470 g/mol. The molecular formula is C17H22N6O10. The van der Waals surface area contributed by atoms with Gasteiger partial charge in [0.05, 0.1) is 0 Å². The molecule has 1 heterocycles. The Morgan fingerprint density at radius 1 is 0.970 bits per heavy atom. The Morgan fingerprint density at radius 3 is 2.00 bits per heavy atom. The Bertz CT molecular complexity index is 884. The molecule has 4 N–H and O–H groups in total. The van der Waals surface area contributed by atoms with Crippen molar-refractivity contribution in [3.63, 3.8) is 0 Å². The van der Waals surface area contributed by atoms with Crippen molar-refractivity contribution in [2.24, 2.45) is 5.11 Å². The average Bonchev–Trinajstić information content (AvgIpc) is 2.71. The maximum absolute atomic E-state index is 12.8. The standard InChI is InChI=1S/C17H22N6O10/c18-21-20-8-11(24)19-6-2-1-3-9(15(29)30)22-12(25)7-13(26)23(17(22)33)10(16(31)32)4-5-14(27)28/h9-10H,1-8H2,(H,19,24)(H,27,28)(H,29,30)(H,31,32)/t9-,10?/m0/s1. The SMILES string of the molecule is [N-]=[N+]=NCC(=O)NCCCC[C@@H](C(=O)O)N1C(=O)CC(=O)N(C(CCC(=O)O)C(=O)O)C1=O. The van der Waals surface area contributed by atoms with Crippen molar-refractivity contribution in [2.45, 2.75) is 50.6 Å². The number of carbonyl (C=O) groups is 7. The molecule has 0 radical (unpaired) electrons. The normalized spacial score (nSPS) is 15.5.